The van der Waals surface area contributed by atoms with Gasteiger partial charge in [0, 0.05) is 30.2 Å². The standard InChI is InChI=1S/C29H36N2O2.2ClH/c1-2-11-29-12-13-31(18-20-4-3-5-20)26(24(29)6-1)15-22-8-9-23(16-25(22)29)30-17-21-7-10-27-28(14-21)33-19-32-27;;/h7-10,14,16,20,24,26,30H,1-6,11-13,15,17-19H2;2*1H/t24-,26+,29+;;/m0../s1. The van der Waals surface area contributed by atoms with E-state index in [1.54, 1.807) is 11.1 Å². The second kappa shape index (κ2) is 10.0. The molecule has 0 amide bonds. The summed E-state index contributed by atoms with van der Waals surface area (Å²) < 4.78 is 11.0. The lowest BCUT2D eigenvalue weighted by atomic mass is 9.52. The van der Waals surface area contributed by atoms with Crippen molar-refractivity contribution in [3.63, 3.8) is 0 Å². The molecule has 4 nitrogen and oxygen atoms in total. The average molecular weight is 518 g/mol. The predicted octanol–water partition coefficient (Wildman–Crippen LogP) is 6.73. The molecule has 1 saturated heterocycles. The molecule has 0 aromatic heterocycles. The van der Waals surface area contributed by atoms with E-state index in [2.05, 4.69) is 40.5 Å². The van der Waals surface area contributed by atoms with Crippen LogP contribution in [0.1, 0.15) is 68.1 Å². The van der Waals surface area contributed by atoms with Crippen LogP contribution in [-0.4, -0.2) is 30.8 Å². The van der Waals surface area contributed by atoms with Gasteiger partial charge in [0.25, 0.3) is 0 Å². The number of nitrogens with one attached hydrogen (secondary N) is 1. The van der Waals surface area contributed by atoms with Crippen molar-refractivity contribution in [2.24, 2.45) is 11.8 Å². The number of piperidine rings is 1. The largest absolute Gasteiger partial charge is 0.454 e. The van der Waals surface area contributed by atoms with Crippen LogP contribution in [0.2, 0.25) is 0 Å². The molecule has 0 radical (unpaired) electrons. The van der Waals surface area contributed by atoms with E-state index in [0.717, 1.165) is 35.9 Å². The maximum absolute atomic E-state index is 5.56. The summed E-state index contributed by atoms with van der Waals surface area (Å²) in [6.07, 6.45) is 12.7. The lowest BCUT2D eigenvalue weighted by molar-refractivity contribution is -0.0239. The first-order valence-electron chi connectivity index (χ1n) is 13.3. The van der Waals surface area contributed by atoms with E-state index in [9.17, 15) is 0 Å². The van der Waals surface area contributed by atoms with Gasteiger partial charge in [-0.25, -0.2) is 0 Å². The van der Waals surface area contributed by atoms with Crippen LogP contribution in [0.4, 0.5) is 5.69 Å². The predicted molar refractivity (Wildman–Crippen MR) is 145 cm³/mol. The van der Waals surface area contributed by atoms with Gasteiger partial charge in [0.1, 0.15) is 0 Å². The SMILES string of the molecule is Cl.Cl.c1cc2c(cc1CNc1ccc3c(c1)[C@@]14CCCC[C@H]1[C@@H](C3)N(CC1CCC1)CC4)OCO2. The van der Waals surface area contributed by atoms with Crippen molar-refractivity contribution in [3.8, 4) is 11.5 Å². The number of likely N-dealkylation sites (tertiary alicyclic amines) is 1. The molecule has 3 aliphatic carbocycles. The molecule has 2 aromatic carbocycles. The molecule has 190 valence electrons. The minimum atomic E-state index is 0. The van der Waals surface area contributed by atoms with E-state index in [0.29, 0.717) is 12.2 Å². The maximum atomic E-state index is 5.56. The number of hydrogen-bond donors (Lipinski definition) is 1. The zero-order valence-electron chi connectivity index (χ0n) is 20.5. The molecule has 2 heterocycles. The zero-order valence-corrected chi connectivity index (χ0v) is 22.1. The number of anilines is 1. The van der Waals surface area contributed by atoms with Crippen molar-refractivity contribution < 1.29 is 9.47 Å². The summed E-state index contributed by atoms with van der Waals surface area (Å²) in [7, 11) is 0. The molecule has 2 bridgehead atoms. The van der Waals surface area contributed by atoms with E-state index < -0.39 is 0 Å². The molecule has 35 heavy (non-hydrogen) atoms. The number of rotatable bonds is 5. The first-order chi connectivity index (χ1) is 16.3. The number of halogens is 2. The highest BCUT2D eigenvalue weighted by molar-refractivity contribution is 5.85. The smallest absolute Gasteiger partial charge is 0.231 e. The maximum Gasteiger partial charge on any atom is 0.231 e. The van der Waals surface area contributed by atoms with Gasteiger partial charge < -0.3 is 14.8 Å². The van der Waals surface area contributed by atoms with Crippen LogP contribution in [0.15, 0.2) is 36.4 Å². The highest BCUT2D eigenvalue weighted by atomic mass is 35.5. The van der Waals surface area contributed by atoms with Crippen LogP contribution in [0.5, 0.6) is 11.5 Å². The summed E-state index contributed by atoms with van der Waals surface area (Å²) in [5.74, 6) is 3.55. The Balaban J connectivity index is 0.00000127. The van der Waals surface area contributed by atoms with Crippen molar-refractivity contribution in [2.75, 3.05) is 25.2 Å². The first-order valence-corrected chi connectivity index (χ1v) is 13.3. The van der Waals surface area contributed by atoms with E-state index in [1.165, 1.54) is 82.1 Å². The van der Waals surface area contributed by atoms with Crippen LogP contribution < -0.4 is 14.8 Å². The number of benzene rings is 2. The summed E-state index contributed by atoms with van der Waals surface area (Å²) >= 11 is 0. The lowest BCUT2D eigenvalue weighted by Crippen LogP contribution is -2.61. The van der Waals surface area contributed by atoms with Crippen molar-refractivity contribution in [1.29, 1.82) is 0 Å². The topological polar surface area (TPSA) is 33.7 Å². The summed E-state index contributed by atoms with van der Waals surface area (Å²) in [6, 6.07) is 14.3. The highest BCUT2D eigenvalue weighted by Gasteiger charge is 2.53. The molecule has 0 unspecified atom stereocenters. The molecule has 7 rings (SSSR count). The minimum Gasteiger partial charge on any atom is -0.454 e. The van der Waals surface area contributed by atoms with Gasteiger partial charge in [0.2, 0.25) is 6.79 Å². The minimum absolute atomic E-state index is 0. The summed E-state index contributed by atoms with van der Waals surface area (Å²) in [6.45, 7) is 3.82. The second-order valence-corrected chi connectivity index (χ2v) is 11.2. The molecule has 6 heteroatoms. The van der Waals surface area contributed by atoms with Crippen molar-refractivity contribution in [1.82, 2.24) is 4.90 Å². The van der Waals surface area contributed by atoms with Gasteiger partial charge in [-0.1, -0.05) is 31.4 Å². The second-order valence-electron chi connectivity index (χ2n) is 11.2. The van der Waals surface area contributed by atoms with Gasteiger partial charge in [0.05, 0.1) is 0 Å². The van der Waals surface area contributed by atoms with Crippen molar-refractivity contribution in [3.05, 3.63) is 53.1 Å². The molecule has 2 aliphatic heterocycles. The molecular weight excluding hydrogens is 479 g/mol. The molecular formula is C29H38Cl2N2O2. The molecule has 3 atom stereocenters. The fourth-order valence-electron chi connectivity index (χ4n) is 7.68. The molecule has 0 spiro atoms. The Morgan fingerprint density at radius 3 is 2.66 bits per heavy atom. The Morgan fingerprint density at radius 1 is 0.914 bits per heavy atom. The lowest BCUT2D eigenvalue weighted by Gasteiger charge is -2.59. The number of hydrogen-bond acceptors (Lipinski definition) is 4. The van der Waals surface area contributed by atoms with Crippen molar-refractivity contribution >= 4 is 30.5 Å². The summed E-state index contributed by atoms with van der Waals surface area (Å²) in [5, 5.41) is 3.71. The summed E-state index contributed by atoms with van der Waals surface area (Å²) in [5.41, 5.74) is 6.23. The van der Waals surface area contributed by atoms with Gasteiger partial charge in [-0.3, -0.25) is 4.90 Å². The third-order valence-electron chi connectivity index (χ3n) is 9.60. The quantitative estimate of drug-likeness (QED) is 0.477. The fourth-order valence-corrected chi connectivity index (χ4v) is 7.68. The van der Waals surface area contributed by atoms with E-state index in [4.69, 9.17) is 9.47 Å². The molecule has 5 aliphatic rings. The van der Waals surface area contributed by atoms with Crippen LogP contribution in [0, 0.1) is 11.8 Å². The Labute approximate surface area is 222 Å². The third kappa shape index (κ3) is 4.30. The Morgan fingerprint density at radius 2 is 1.80 bits per heavy atom. The number of fused-ring (bicyclic) bond motifs is 2. The average Bonchev–Trinajstić information content (AvgIpc) is 3.29. The number of nitrogens with zero attached hydrogens (tertiary/aromatic N) is 1. The normalized spacial score (nSPS) is 28.6. The molecule has 1 N–H and O–H groups in total. The molecule has 2 aromatic rings. The Kier molecular flexibility index (Phi) is 7.18. The molecule has 2 saturated carbocycles. The van der Waals surface area contributed by atoms with Gasteiger partial charge in [-0.05, 0) is 97.9 Å². The first kappa shape index (κ1) is 25.0. The van der Waals surface area contributed by atoms with E-state index >= 15 is 0 Å². The van der Waals surface area contributed by atoms with Gasteiger partial charge >= 0.3 is 0 Å². The van der Waals surface area contributed by atoms with Crippen LogP contribution >= 0.6 is 24.8 Å². The Bertz CT molecular complexity index is 1060. The van der Waals surface area contributed by atoms with Crippen LogP contribution in [0.25, 0.3) is 0 Å². The van der Waals surface area contributed by atoms with E-state index in [1.807, 2.05) is 6.07 Å². The molecule has 3 fully saturated rings. The van der Waals surface area contributed by atoms with Crippen LogP contribution in [-0.2, 0) is 18.4 Å². The van der Waals surface area contributed by atoms with E-state index in [-0.39, 0.29) is 24.8 Å². The monoisotopic (exact) mass is 516 g/mol. The van der Waals surface area contributed by atoms with Crippen molar-refractivity contribution in [2.45, 2.75) is 75.8 Å². The van der Waals surface area contributed by atoms with Gasteiger partial charge in [0.15, 0.2) is 11.5 Å². The Hall–Kier alpha value is -1.62. The summed E-state index contributed by atoms with van der Waals surface area (Å²) in [4.78, 5) is 2.92. The third-order valence-corrected chi connectivity index (χ3v) is 9.60. The van der Waals surface area contributed by atoms with Gasteiger partial charge in [-0.15, -0.1) is 24.8 Å². The zero-order chi connectivity index (χ0) is 21.8. The number of ether oxygens (including phenoxy) is 2. The fraction of sp³-hybridized carbons (Fsp3) is 0.586. The van der Waals surface area contributed by atoms with Gasteiger partial charge in [-0.2, -0.15) is 0 Å². The van der Waals surface area contributed by atoms with Crippen LogP contribution in [0.3, 0.4) is 0 Å². The highest BCUT2D eigenvalue weighted by Crippen LogP contribution is 2.56.